The highest BCUT2D eigenvalue weighted by Gasteiger charge is 2.37. The molecular weight excluding hydrogens is 475 g/mol. The summed E-state index contributed by atoms with van der Waals surface area (Å²) in [5.74, 6) is 0.0247. The number of esters is 1. The Kier molecular flexibility index (Phi) is 5.98. The smallest absolute Gasteiger partial charge is 0.303 e. The molecule has 7 nitrogen and oxygen atoms in total. The van der Waals surface area contributed by atoms with Crippen LogP contribution in [0.4, 0.5) is 4.39 Å². The number of fused-ring (bicyclic) bond motifs is 3. The SMILES string of the molecule is COc1ccc2[nH]c3c(c2c1)CCN(C(=O)c1cc(Cl)ccc1F)C3c1ccc(COC(C)=O)o1. The van der Waals surface area contributed by atoms with Gasteiger partial charge in [-0.25, -0.2) is 4.39 Å². The van der Waals surface area contributed by atoms with Crippen molar-refractivity contribution in [2.45, 2.75) is 26.0 Å². The number of ether oxygens (including phenoxy) is 2. The number of hydrogen-bond acceptors (Lipinski definition) is 5. The van der Waals surface area contributed by atoms with Crippen LogP contribution in [0.3, 0.4) is 0 Å². The van der Waals surface area contributed by atoms with Gasteiger partial charge in [0, 0.05) is 29.4 Å². The van der Waals surface area contributed by atoms with E-state index in [-0.39, 0.29) is 17.2 Å². The van der Waals surface area contributed by atoms with E-state index in [0.29, 0.717) is 24.5 Å². The first-order valence-electron chi connectivity index (χ1n) is 11.0. The van der Waals surface area contributed by atoms with E-state index in [0.717, 1.165) is 27.9 Å². The number of H-pyrrole nitrogens is 1. The second-order valence-electron chi connectivity index (χ2n) is 8.29. The molecule has 3 heterocycles. The largest absolute Gasteiger partial charge is 0.497 e. The summed E-state index contributed by atoms with van der Waals surface area (Å²) in [6, 6.07) is 12.4. The van der Waals surface area contributed by atoms with Crippen LogP contribution in [-0.4, -0.2) is 35.4 Å². The Labute approximate surface area is 205 Å². The standard InChI is InChI=1S/C26H22ClFN2O5/c1-14(31)34-13-17-5-8-23(35-17)25-24-18(19-12-16(33-2)4-7-22(19)29-24)9-10-30(25)26(32)20-11-15(27)3-6-21(20)28/h3-8,11-12,25,29H,9-10,13H2,1-2H3. The summed E-state index contributed by atoms with van der Waals surface area (Å²) >= 11 is 6.06. The van der Waals surface area contributed by atoms with Crippen molar-refractivity contribution in [3.05, 3.63) is 87.7 Å². The lowest BCUT2D eigenvalue weighted by molar-refractivity contribution is -0.142. The number of benzene rings is 2. The average molecular weight is 497 g/mol. The van der Waals surface area contributed by atoms with Gasteiger partial charge in [-0.15, -0.1) is 0 Å². The predicted octanol–water partition coefficient (Wildman–Crippen LogP) is 5.41. The van der Waals surface area contributed by atoms with Crippen LogP contribution >= 0.6 is 11.6 Å². The summed E-state index contributed by atoms with van der Waals surface area (Å²) in [7, 11) is 1.61. The van der Waals surface area contributed by atoms with E-state index >= 15 is 0 Å². The monoisotopic (exact) mass is 496 g/mol. The van der Waals surface area contributed by atoms with Gasteiger partial charge in [-0.05, 0) is 60.5 Å². The van der Waals surface area contributed by atoms with E-state index in [1.54, 1.807) is 24.1 Å². The minimum atomic E-state index is -0.658. The molecule has 0 aliphatic carbocycles. The molecule has 1 aliphatic rings. The van der Waals surface area contributed by atoms with Gasteiger partial charge >= 0.3 is 5.97 Å². The molecule has 4 aromatic rings. The molecule has 0 fully saturated rings. The van der Waals surface area contributed by atoms with Gasteiger partial charge < -0.3 is 23.8 Å². The zero-order chi connectivity index (χ0) is 24.7. The second kappa shape index (κ2) is 9.11. The minimum absolute atomic E-state index is 0.0321. The number of aromatic amines is 1. The van der Waals surface area contributed by atoms with E-state index in [1.807, 2.05) is 18.2 Å². The maximum atomic E-state index is 14.6. The number of hydrogen-bond donors (Lipinski definition) is 1. The molecule has 1 aliphatic heterocycles. The number of carbonyl (C=O) groups excluding carboxylic acids is 2. The Morgan fingerprint density at radius 3 is 2.80 bits per heavy atom. The lowest BCUT2D eigenvalue weighted by atomic mass is 9.94. The van der Waals surface area contributed by atoms with Crippen LogP contribution in [0, 0.1) is 5.82 Å². The summed E-state index contributed by atoms with van der Waals surface area (Å²) in [5, 5.41) is 1.25. The van der Waals surface area contributed by atoms with Gasteiger partial charge in [0.05, 0.1) is 18.4 Å². The molecule has 0 saturated carbocycles. The van der Waals surface area contributed by atoms with Crippen LogP contribution in [-0.2, 0) is 22.6 Å². The average Bonchev–Trinajstić information content (AvgIpc) is 3.47. The van der Waals surface area contributed by atoms with E-state index < -0.39 is 23.7 Å². The first kappa shape index (κ1) is 23.0. The van der Waals surface area contributed by atoms with Gasteiger partial charge in [-0.1, -0.05) is 11.6 Å². The summed E-state index contributed by atoms with van der Waals surface area (Å²) in [6.07, 6.45) is 0.550. The van der Waals surface area contributed by atoms with Crippen LogP contribution in [0.15, 0.2) is 52.9 Å². The zero-order valence-corrected chi connectivity index (χ0v) is 19.8. The fourth-order valence-electron chi connectivity index (χ4n) is 4.52. The van der Waals surface area contributed by atoms with Gasteiger partial charge in [0.25, 0.3) is 5.91 Å². The Morgan fingerprint density at radius 2 is 2.03 bits per heavy atom. The maximum Gasteiger partial charge on any atom is 0.303 e. The Morgan fingerprint density at radius 1 is 1.20 bits per heavy atom. The molecule has 5 rings (SSSR count). The number of halogens is 2. The molecule has 9 heteroatoms. The summed E-state index contributed by atoms with van der Waals surface area (Å²) < 4.78 is 31.1. The highest BCUT2D eigenvalue weighted by atomic mass is 35.5. The first-order valence-corrected chi connectivity index (χ1v) is 11.4. The fourth-order valence-corrected chi connectivity index (χ4v) is 4.69. The topological polar surface area (TPSA) is 84.8 Å². The van der Waals surface area contributed by atoms with E-state index in [1.165, 1.54) is 25.1 Å². The van der Waals surface area contributed by atoms with Crippen molar-refractivity contribution in [3.8, 4) is 5.75 Å². The second-order valence-corrected chi connectivity index (χ2v) is 8.72. The Hall–Kier alpha value is -3.78. The van der Waals surface area contributed by atoms with Crippen LogP contribution in [0.1, 0.15) is 46.1 Å². The van der Waals surface area contributed by atoms with Gasteiger partial charge in [-0.2, -0.15) is 0 Å². The van der Waals surface area contributed by atoms with Crippen molar-refractivity contribution in [2.24, 2.45) is 0 Å². The number of amides is 1. The molecular formula is C26H22ClFN2O5. The van der Waals surface area contributed by atoms with Gasteiger partial charge in [0.15, 0.2) is 0 Å². The highest BCUT2D eigenvalue weighted by Crippen LogP contribution is 2.40. The van der Waals surface area contributed by atoms with Crippen LogP contribution in [0.25, 0.3) is 10.9 Å². The molecule has 0 radical (unpaired) electrons. The Balaban J connectivity index is 1.62. The molecule has 0 bridgehead atoms. The molecule has 1 amide bonds. The third kappa shape index (κ3) is 4.25. The third-order valence-electron chi connectivity index (χ3n) is 6.12. The van der Waals surface area contributed by atoms with Gasteiger partial charge in [-0.3, -0.25) is 9.59 Å². The van der Waals surface area contributed by atoms with Crippen molar-refractivity contribution in [3.63, 3.8) is 0 Å². The molecule has 2 aromatic heterocycles. The number of rotatable bonds is 5. The van der Waals surface area contributed by atoms with Crippen molar-refractivity contribution in [1.82, 2.24) is 9.88 Å². The number of aromatic nitrogens is 1. The first-order chi connectivity index (χ1) is 16.9. The number of furan rings is 1. The van der Waals surface area contributed by atoms with Crippen molar-refractivity contribution >= 4 is 34.4 Å². The van der Waals surface area contributed by atoms with E-state index in [9.17, 15) is 14.0 Å². The molecule has 0 spiro atoms. The predicted molar refractivity (Wildman–Crippen MR) is 127 cm³/mol. The normalized spacial score (nSPS) is 15.2. The molecule has 35 heavy (non-hydrogen) atoms. The van der Waals surface area contributed by atoms with E-state index in [4.69, 9.17) is 25.5 Å². The van der Waals surface area contributed by atoms with Gasteiger partial charge in [0.2, 0.25) is 0 Å². The third-order valence-corrected chi connectivity index (χ3v) is 6.36. The lowest BCUT2D eigenvalue weighted by Gasteiger charge is -2.35. The number of nitrogens with zero attached hydrogens (tertiary/aromatic N) is 1. The summed E-state index contributed by atoms with van der Waals surface area (Å²) in [5.41, 5.74) is 2.56. The Bertz CT molecular complexity index is 1440. The molecule has 0 saturated heterocycles. The van der Waals surface area contributed by atoms with Crippen molar-refractivity contribution < 1.29 is 27.9 Å². The summed E-state index contributed by atoms with van der Waals surface area (Å²) in [6.45, 7) is 1.61. The lowest BCUT2D eigenvalue weighted by Crippen LogP contribution is -2.40. The maximum absolute atomic E-state index is 14.6. The number of methoxy groups -OCH3 is 1. The zero-order valence-electron chi connectivity index (χ0n) is 19.1. The quantitative estimate of drug-likeness (QED) is 0.373. The van der Waals surface area contributed by atoms with Crippen molar-refractivity contribution in [1.29, 1.82) is 0 Å². The molecule has 180 valence electrons. The highest BCUT2D eigenvalue weighted by molar-refractivity contribution is 6.31. The number of carbonyl (C=O) groups is 2. The van der Waals surface area contributed by atoms with Crippen molar-refractivity contribution in [2.75, 3.05) is 13.7 Å². The number of nitrogens with one attached hydrogen (secondary N) is 1. The van der Waals surface area contributed by atoms with Crippen LogP contribution in [0.5, 0.6) is 5.75 Å². The van der Waals surface area contributed by atoms with Crippen LogP contribution in [0.2, 0.25) is 5.02 Å². The molecule has 1 atom stereocenters. The molecule has 1 unspecified atom stereocenters. The van der Waals surface area contributed by atoms with Crippen LogP contribution < -0.4 is 4.74 Å². The summed E-state index contributed by atoms with van der Waals surface area (Å²) in [4.78, 5) is 29.8. The fraction of sp³-hybridized carbons (Fsp3) is 0.231. The van der Waals surface area contributed by atoms with E-state index in [2.05, 4.69) is 4.98 Å². The molecule has 2 aromatic carbocycles. The van der Waals surface area contributed by atoms with Gasteiger partial charge in [0.1, 0.15) is 35.7 Å². The minimum Gasteiger partial charge on any atom is -0.497 e. The molecule has 1 N–H and O–H groups in total.